The Bertz CT molecular complexity index is 935. The number of hydrogen-bond donors (Lipinski definition) is 2. The van der Waals surface area contributed by atoms with E-state index in [-0.39, 0.29) is 5.91 Å². The summed E-state index contributed by atoms with van der Waals surface area (Å²) in [7, 11) is 0. The van der Waals surface area contributed by atoms with Gasteiger partial charge < -0.3 is 10.4 Å². The molecule has 1 heterocycles. The van der Waals surface area contributed by atoms with E-state index in [2.05, 4.69) is 5.32 Å². The largest absolute Gasteiger partial charge is 0.479 e. The minimum absolute atomic E-state index is 0.312. The van der Waals surface area contributed by atoms with Gasteiger partial charge in [0.05, 0.1) is 5.56 Å². The van der Waals surface area contributed by atoms with E-state index in [1.165, 1.54) is 11.3 Å². The molecule has 1 aliphatic rings. The van der Waals surface area contributed by atoms with Crippen LogP contribution < -0.4 is 5.32 Å². The van der Waals surface area contributed by atoms with Gasteiger partial charge in [-0.1, -0.05) is 42.5 Å². The maximum atomic E-state index is 12.8. The first kappa shape index (κ1) is 14.9. The molecule has 0 aliphatic heterocycles. The van der Waals surface area contributed by atoms with Gasteiger partial charge in [0.25, 0.3) is 5.91 Å². The number of carbonyl (C=O) groups is 2. The number of rotatable bonds is 3. The molecule has 3 aromatic rings. The van der Waals surface area contributed by atoms with Gasteiger partial charge in [0, 0.05) is 28.3 Å². The molecule has 24 heavy (non-hydrogen) atoms. The Morgan fingerprint density at radius 1 is 1.00 bits per heavy atom. The van der Waals surface area contributed by atoms with Gasteiger partial charge >= 0.3 is 5.97 Å². The van der Waals surface area contributed by atoms with Crippen molar-refractivity contribution in [2.75, 3.05) is 0 Å². The lowest BCUT2D eigenvalue weighted by Gasteiger charge is -2.25. The van der Waals surface area contributed by atoms with Gasteiger partial charge in [-0.15, -0.1) is 11.3 Å². The Balaban J connectivity index is 1.68. The maximum Gasteiger partial charge on any atom is 0.330 e. The van der Waals surface area contributed by atoms with Crippen molar-refractivity contribution in [3.8, 4) is 0 Å². The van der Waals surface area contributed by atoms with Gasteiger partial charge in [-0.3, -0.25) is 4.79 Å². The fraction of sp³-hybridized carbons (Fsp3) is 0.158. The highest BCUT2D eigenvalue weighted by Crippen LogP contribution is 2.32. The van der Waals surface area contributed by atoms with Crippen LogP contribution in [0.3, 0.4) is 0 Å². The third kappa shape index (κ3) is 2.29. The molecule has 0 bridgehead atoms. The molecule has 0 atom stereocenters. The zero-order valence-electron chi connectivity index (χ0n) is 12.8. The number of thiophene rings is 1. The molecule has 4 nitrogen and oxygen atoms in total. The Kier molecular flexibility index (Phi) is 3.39. The molecule has 2 aromatic carbocycles. The predicted octanol–water partition coefficient (Wildman–Crippen LogP) is 3.25. The number of carboxylic acid groups (broad SMARTS) is 1. The summed E-state index contributed by atoms with van der Waals surface area (Å²) in [5.74, 6) is -1.32. The molecule has 5 heteroatoms. The fourth-order valence-corrected chi connectivity index (χ4v) is 4.29. The summed E-state index contributed by atoms with van der Waals surface area (Å²) >= 11 is 1.49. The maximum absolute atomic E-state index is 12.8. The number of benzene rings is 2. The Morgan fingerprint density at radius 2 is 1.62 bits per heavy atom. The number of fused-ring (bicyclic) bond motifs is 2. The van der Waals surface area contributed by atoms with Crippen LogP contribution in [0.4, 0.5) is 0 Å². The standard InChI is InChI=1S/C19H15NO3S/c21-17(15-11-24-16-8-4-3-7-14(15)16)20-19(18(22)23)9-12-5-1-2-6-13(12)10-19/h1-8,11H,9-10H2,(H,20,21)(H,22,23). The molecule has 1 aromatic heterocycles. The third-order valence-corrected chi connectivity index (χ3v) is 5.55. The van der Waals surface area contributed by atoms with Crippen LogP contribution in [0.2, 0.25) is 0 Å². The van der Waals surface area contributed by atoms with Crippen molar-refractivity contribution in [3.63, 3.8) is 0 Å². The second-order valence-corrected chi connectivity index (χ2v) is 7.02. The number of hydrogen-bond acceptors (Lipinski definition) is 3. The fourth-order valence-electron chi connectivity index (χ4n) is 3.35. The highest BCUT2D eigenvalue weighted by Gasteiger charge is 2.45. The quantitative estimate of drug-likeness (QED) is 0.771. The minimum atomic E-state index is -1.27. The normalized spacial score (nSPS) is 15.2. The van der Waals surface area contributed by atoms with E-state index in [0.29, 0.717) is 18.4 Å². The molecular weight excluding hydrogens is 322 g/mol. The van der Waals surface area contributed by atoms with Gasteiger partial charge in [0.15, 0.2) is 0 Å². The van der Waals surface area contributed by atoms with Gasteiger partial charge in [0.1, 0.15) is 5.54 Å². The number of aliphatic carboxylic acids is 1. The monoisotopic (exact) mass is 337 g/mol. The van der Waals surface area contributed by atoms with E-state index >= 15 is 0 Å². The first-order valence-corrected chi connectivity index (χ1v) is 8.56. The molecule has 0 saturated heterocycles. The lowest BCUT2D eigenvalue weighted by atomic mass is 9.95. The average Bonchev–Trinajstić information content (AvgIpc) is 3.16. The Labute approximate surface area is 142 Å². The molecule has 0 fully saturated rings. The third-order valence-electron chi connectivity index (χ3n) is 4.59. The zero-order valence-corrected chi connectivity index (χ0v) is 13.6. The number of amides is 1. The summed E-state index contributed by atoms with van der Waals surface area (Å²) in [5, 5.41) is 15.2. The minimum Gasteiger partial charge on any atom is -0.479 e. The van der Waals surface area contributed by atoms with Crippen molar-refractivity contribution in [1.29, 1.82) is 0 Å². The lowest BCUT2D eigenvalue weighted by molar-refractivity contribution is -0.144. The average molecular weight is 337 g/mol. The molecule has 0 saturated carbocycles. The summed E-state index contributed by atoms with van der Waals surface area (Å²) in [5.41, 5.74) is 1.22. The molecule has 120 valence electrons. The van der Waals surface area contributed by atoms with Crippen LogP contribution >= 0.6 is 11.3 Å². The van der Waals surface area contributed by atoms with Crippen molar-refractivity contribution in [3.05, 3.63) is 70.6 Å². The Morgan fingerprint density at radius 3 is 2.29 bits per heavy atom. The van der Waals surface area contributed by atoms with Crippen LogP contribution in [-0.2, 0) is 17.6 Å². The lowest BCUT2D eigenvalue weighted by Crippen LogP contribution is -2.55. The van der Waals surface area contributed by atoms with Gasteiger partial charge in [0.2, 0.25) is 0 Å². The second kappa shape index (κ2) is 5.46. The second-order valence-electron chi connectivity index (χ2n) is 6.11. The molecule has 1 amide bonds. The molecule has 4 rings (SSSR count). The summed E-state index contributed by atoms with van der Waals surface area (Å²) < 4.78 is 1.02. The summed E-state index contributed by atoms with van der Waals surface area (Å²) in [4.78, 5) is 24.7. The number of carboxylic acids is 1. The molecule has 0 unspecified atom stereocenters. The van der Waals surface area contributed by atoms with Gasteiger partial charge in [-0.2, -0.15) is 0 Å². The van der Waals surface area contributed by atoms with Crippen molar-refractivity contribution in [2.45, 2.75) is 18.4 Å². The highest BCUT2D eigenvalue weighted by molar-refractivity contribution is 7.17. The van der Waals surface area contributed by atoms with E-state index < -0.39 is 11.5 Å². The predicted molar refractivity (Wildman–Crippen MR) is 93.5 cm³/mol. The van der Waals surface area contributed by atoms with Crippen LogP contribution in [0.15, 0.2) is 53.9 Å². The summed E-state index contributed by atoms with van der Waals surface area (Å²) in [6, 6.07) is 15.3. The highest BCUT2D eigenvalue weighted by atomic mass is 32.1. The van der Waals surface area contributed by atoms with Crippen molar-refractivity contribution in [2.24, 2.45) is 0 Å². The van der Waals surface area contributed by atoms with Gasteiger partial charge in [-0.05, 0) is 17.2 Å². The molecule has 2 N–H and O–H groups in total. The summed E-state index contributed by atoms with van der Waals surface area (Å²) in [6.07, 6.45) is 0.624. The van der Waals surface area contributed by atoms with E-state index in [1.807, 2.05) is 48.5 Å². The van der Waals surface area contributed by atoms with Crippen molar-refractivity contribution in [1.82, 2.24) is 5.32 Å². The van der Waals surface area contributed by atoms with E-state index in [4.69, 9.17) is 0 Å². The molecule has 1 aliphatic carbocycles. The summed E-state index contributed by atoms with van der Waals surface area (Å²) in [6.45, 7) is 0. The van der Waals surface area contributed by atoms with Crippen LogP contribution in [0.25, 0.3) is 10.1 Å². The number of carbonyl (C=O) groups excluding carboxylic acids is 1. The van der Waals surface area contributed by atoms with Crippen LogP contribution in [0, 0.1) is 0 Å². The van der Waals surface area contributed by atoms with E-state index in [9.17, 15) is 14.7 Å². The molecule has 0 radical (unpaired) electrons. The van der Waals surface area contributed by atoms with E-state index in [1.54, 1.807) is 5.38 Å². The van der Waals surface area contributed by atoms with Crippen LogP contribution in [-0.4, -0.2) is 22.5 Å². The first-order chi connectivity index (χ1) is 11.6. The Hall–Kier alpha value is -2.66. The zero-order chi connectivity index (χ0) is 16.7. The van der Waals surface area contributed by atoms with Crippen molar-refractivity contribution < 1.29 is 14.7 Å². The smallest absolute Gasteiger partial charge is 0.330 e. The van der Waals surface area contributed by atoms with Gasteiger partial charge in [-0.25, -0.2) is 4.79 Å². The molecular formula is C19H15NO3S. The molecule has 0 spiro atoms. The van der Waals surface area contributed by atoms with Crippen molar-refractivity contribution >= 4 is 33.3 Å². The number of nitrogens with one attached hydrogen (secondary N) is 1. The van der Waals surface area contributed by atoms with Crippen LogP contribution in [0.1, 0.15) is 21.5 Å². The van der Waals surface area contributed by atoms with E-state index in [0.717, 1.165) is 21.2 Å². The SMILES string of the molecule is O=C(NC1(C(=O)O)Cc2ccccc2C1)c1csc2ccccc12. The first-order valence-electron chi connectivity index (χ1n) is 7.68. The topological polar surface area (TPSA) is 66.4 Å². The van der Waals surface area contributed by atoms with Crippen LogP contribution in [0.5, 0.6) is 0 Å².